The molecule has 0 saturated carbocycles. The molecule has 0 N–H and O–H groups in total. The lowest BCUT2D eigenvalue weighted by Gasteiger charge is -2.36. The summed E-state index contributed by atoms with van der Waals surface area (Å²) in [7, 11) is -1.30. The molecule has 1 aliphatic heterocycles. The molecule has 1 aromatic carbocycles. The van der Waals surface area contributed by atoms with Crippen molar-refractivity contribution in [2.24, 2.45) is 0 Å². The Balaban J connectivity index is 1.94. The largest absolute Gasteiger partial charge is 0.416 e. The van der Waals surface area contributed by atoms with Gasteiger partial charge in [-0.25, -0.2) is 12.7 Å². The molecule has 1 fully saturated rings. The van der Waals surface area contributed by atoms with Crippen molar-refractivity contribution < 1.29 is 21.6 Å². The number of nitrogens with zero attached hydrogens (tertiary/aromatic N) is 2. The molecule has 0 bridgehead atoms. The van der Waals surface area contributed by atoms with Gasteiger partial charge in [0.15, 0.2) is 0 Å². The van der Waals surface area contributed by atoms with Crippen LogP contribution in [0.15, 0.2) is 24.3 Å². The molecule has 0 amide bonds. The van der Waals surface area contributed by atoms with Crippen molar-refractivity contribution in [1.29, 1.82) is 0 Å². The highest BCUT2D eigenvalue weighted by molar-refractivity contribution is 7.89. The third-order valence-electron chi connectivity index (χ3n) is 4.59. The molecule has 0 aliphatic carbocycles. The smallest absolute Gasteiger partial charge is 0.299 e. The second-order valence-electron chi connectivity index (χ2n) is 6.56. The summed E-state index contributed by atoms with van der Waals surface area (Å²) in [6.07, 6.45) is -2.36. The lowest BCUT2D eigenvalue weighted by Crippen LogP contribution is -2.45. The van der Waals surface area contributed by atoms with E-state index in [1.165, 1.54) is 16.4 Å². The van der Waals surface area contributed by atoms with E-state index >= 15 is 0 Å². The molecule has 0 atom stereocenters. The van der Waals surface area contributed by atoms with Gasteiger partial charge in [-0.2, -0.15) is 13.2 Å². The van der Waals surface area contributed by atoms with Gasteiger partial charge in [0.2, 0.25) is 10.0 Å². The zero-order chi connectivity index (χ0) is 18.7. The van der Waals surface area contributed by atoms with Crippen LogP contribution in [0, 0.1) is 0 Å². The standard InChI is InChI=1S/C17H25F3N2O2S/c1-3-11-25(23,24)22-9-7-16(8-10-22)21(2)13-14-5-4-6-15(12-14)17(18,19)20/h4-6,12,16H,3,7-11,13H2,1-2H3. The predicted molar refractivity (Wildman–Crippen MR) is 91.6 cm³/mol. The van der Waals surface area contributed by atoms with Crippen LogP contribution in [0.1, 0.15) is 37.3 Å². The molecule has 1 heterocycles. The Hall–Kier alpha value is -1.12. The summed E-state index contributed by atoms with van der Waals surface area (Å²) in [5.74, 6) is 0.164. The van der Waals surface area contributed by atoms with Crippen LogP contribution in [0.3, 0.4) is 0 Å². The summed E-state index contributed by atoms with van der Waals surface area (Å²) in [4.78, 5) is 2.01. The monoisotopic (exact) mass is 378 g/mol. The molecule has 142 valence electrons. The van der Waals surface area contributed by atoms with Gasteiger partial charge in [-0.3, -0.25) is 4.90 Å². The summed E-state index contributed by atoms with van der Waals surface area (Å²) in [5, 5.41) is 0. The summed E-state index contributed by atoms with van der Waals surface area (Å²) in [5.41, 5.74) is -0.0303. The molecule has 25 heavy (non-hydrogen) atoms. The fourth-order valence-electron chi connectivity index (χ4n) is 3.21. The van der Waals surface area contributed by atoms with Crippen LogP contribution in [0.4, 0.5) is 13.2 Å². The summed E-state index contributed by atoms with van der Waals surface area (Å²) < 4.78 is 64.1. The fourth-order valence-corrected chi connectivity index (χ4v) is 4.75. The van der Waals surface area contributed by atoms with Gasteiger partial charge < -0.3 is 0 Å². The van der Waals surface area contributed by atoms with Gasteiger partial charge in [-0.05, 0) is 37.9 Å². The molecule has 4 nitrogen and oxygen atoms in total. The maximum atomic E-state index is 12.8. The van der Waals surface area contributed by atoms with Crippen LogP contribution >= 0.6 is 0 Å². The number of hydrogen-bond acceptors (Lipinski definition) is 3. The normalized spacial score (nSPS) is 18.0. The van der Waals surface area contributed by atoms with Crippen molar-refractivity contribution in [3.63, 3.8) is 0 Å². The summed E-state index contributed by atoms with van der Waals surface area (Å²) >= 11 is 0. The Bertz CT molecular complexity index is 669. The Kier molecular flexibility index (Phi) is 6.51. The number of sulfonamides is 1. The van der Waals surface area contributed by atoms with Crippen LogP contribution in [0.2, 0.25) is 0 Å². The molecular weight excluding hydrogens is 353 g/mol. The lowest BCUT2D eigenvalue weighted by molar-refractivity contribution is -0.137. The zero-order valence-electron chi connectivity index (χ0n) is 14.6. The van der Waals surface area contributed by atoms with E-state index in [9.17, 15) is 21.6 Å². The van der Waals surface area contributed by atoms with E-state index in [1.54, 1.807) is 6.07 Å². The Morgan fingerprint density at radius 1 is 1.24 bits per heavy atom. The summed E-state index contributed by atoms with van der Waals surface area (Å²) in [6, 6.07) is 5.53. The number of alkyl halides is 3. The minimum atomic E-state index is -4.34. The summed E-state index contributed by atoms with van der Waals surface area (Å²) in [6.45, 7) is 3.20. The number of piperidine rings is 1. The van der Waals surface area contributed by atoms with E-state index < -0.39 is 21.8 Å². The second kappa shape index (κ2) is 8.05. The average Bonchev–Trinajstić information content (AvgIpc) is 2.54. The van der Waals surface area contributed by atoms with E-state index in [4.69, 9.17) is 0 Å². The Labute approximate surface area is 147 Å². The highest BCUT2D eigenvalue weighted by Gasteiger charge is 2.31. The second-order valence-corrected chi connectivity index (χ2v) is 8.65. The molecule has 2 rings (SSSR count). The van der Waals surface area contributed by atoms with Crippen LogP contribution in [-0.2, 0) is 22.7 Å². The van der Waals surface area contributed by atoms with Crippen molar-refractivity contribution in [2.75, 3.05) is 25.9 Å². The van der Waals surface area contributed by atoms with Crippen LogP contribution in [0.25, 0.3) is 0 Å². The fraction of sp³-hybridized carbons (Fsp3) is 0.647. The molecule has 0 unspecified atom stereocenters. The third kappa shape index (κ3) is 5.43. The first kappa shape index (κ1) is 20.2. The minimum Gasteiger partial charge on any atom is -0.299 e. The molecule has 0 aromatic heterocycles. The van der Waals surface area contributed by atoms with Crippen LogP contribution in [0.5, 0.6) is 0 Å². The molecule has 0 spiro atoms. The third-order valence-corrected chi connectivity index (χ3v) is 6.66. The molecule has 1 aromatic rings. The van der Waals surface area contributed by atoms with Crippen molar-refractivity contribution in [3.8, 4) is 0 Å². The van der Waals surface area contributed by atoms with Crippen LogP contribution in [-0.4, -0.2) is 49.6 Å². The zero-order valence-corrected chi connectivity index (χ0v) is 15.4. The van der Waals surface area contributed by atoms with Gasteiger partial charge in [0.1, 0.15) is 0 Å². The van der Waals surface area contributed by atoms with Gasteiger partial charge in [-0.1, -0.05) is 25.1 Å². The molecular formula is C17H25F3N2O2S. The van der Waals surface area contributed by atoms with E-state index in [-0.39, 0.29) is 11.8 Å². The maximum Gasteiger partial charge on any atom is 0.416 e. The average molecular weight is 378 g/mol. The molecule has 8 heteroatoms. The van der Waals surface area contributed by atoms with Crippen molar-refractivity contribution >= 4 is 10.0 Å². The van der Waals surface area contributed by atoms with E-state index in [2.05, 4.69) is 0 Å². The van der Waals surface area contributed by atoms with Gasteiger partial charge in [0, 0.05) is 25.7 Å². The number of rotatable bonds is 6. The number of benzene rings is 1. The van der Waals surface area contributed by atoms with Crippen molar-refractivity contribution in [3.05, 3.63) is 35.4 Å². The Morgan fingerprint density at radius 3 is 2.44 bits per heavy atom. The quantitative estimate of drug-likeness (QED) is 0.762. The SMILES string of the molecule is CCCS(=O)(=O)N1CCC(N(C)Cc2cccc(C(F)(F)F)c2)CC1. The number of hydrogen-bond donors (Lipinski definition) is 0. The predicted octanol–water partition coefficient (Wildman–Crippen LogP) is 3.34. The van der Waals surface area contributed by atoms with Gasteiger partial charge in [0.25, 0.3) is 0 Å². The number of halogens is 3. The maximum absolute atomic E-state index is 12.8. The Morgan fingerprint density at radius 2 is 1.88 bits per heavy atom. The van der Waals surface area contributed by atoms with E-state index in [0.717, 1.165) is 6.07 Å². The topological polar surface area (TPSA) is 40.6 Å². The highest BCUT2D eigenvalue weighted by Crippen LogP contribution is 2.30. The highest BCUT2D eigenvalue weighted by atomic mass is 32.2. The van der Waals surface area contributed by atoms with Gasteiger partial charge in [0.05, 0.1) is 11.3 Å². The van der Waals surface area contributed by atoms with E-state index in [0.29, 0.717) is 44.5 Å². The van der Waals surface area contributed by atoms with E-state index in [1.807, 2.05) is 18.9 Å². The van der Waals surface area contributed by atoms with Crippen molar-refractivity contribution in [2.45, 2.75) is 44.9 Å². The van der Waals surface area contributed by atoms with Crippen LogP contribution < -0.4 is 0 Å². The first-order valence-electron chi connectivity index (χ1n) is 8.47. The van der Waals surface area contributed by atoms with Gasteiger partial charge in [-0.15, -0.1) is 0 Å². The van der Waals surface area contributed by atoms with Crippen molar-refractivity contribution in [1.82, 2.24) is 9.21 Å². The first-order chi connectivity index (χ1) is 11.6. The first-order valence-corrected chi connectivity index (χ1v) is 10.1. The molecule has 0 radical (unpaired) electrons. The lowest BCUT2D eigenvalue weighted by atomic mass is 10.0. The van der Waals surface area contributed by atoms with Gasteiger partial charge >= 0.3 is 6.18 Å². The minimum absolute atomic E-state index is 0.164. The molecule has 1 aliphatic rings. The molecule has 1 saturated heterocycles.